The molecule has 4 heteroatoms. The number of hydrogen-bond donors (Lipinski definition) is 0. The van der Waals surface area contributed by atoms with E-state index in [9.17, 15) is 0 Å². The molecule has 3 aromatic rings. The van der Waals surface area contributed by atoms with Gasteiger partial charge < -0.3 is 0 Å². The van der Waals surface area contributed by atoms with E-state index in [0.29, 0.717) is 0 Å². The van der Waals surface area contributed by atoms with Crippen LogP contribution in [0.1, 0.15) is 11.3 Å². The zero-order valence-corrected chi connectivity index (χ0v) is 11.5. The fraction of sp³-hybridized carbons (Fsp3) is 0.133. The molecule has 1 radical (unpaired) electrons. The Hall–Kier alpha value is -2.07. The van der Waals surface area contributed by atoms with E-state index in [1.165, 1.54) is 0 Å². The third-order valence-electron chi connectivity index (χ3n) is 2.79. The van der Waals surface area contributed by atoms with Gasteiger partial charge >= 0.3 is 0 Å². The smallest absolute Gasteiger partial charge is 0.124 e. The van der Waals surface area contributed by atoms with Gasteiger partial charge in [0.25, 0.3) is 0 Å². The lowest BCUT2D eigenvalue weighted by molar-refractivity contribution is 1.12. The van der Waals surface area contributed by atoms with Gasteiger partial charge in [0.2, 0.25) is 0 Å². The van der Waals surface area contributed by atoms with Gasteiger partial charge in [0, 0.05) is 28.9 Å². The quantitative estimate of drug-likeness (QED) is 0.710. The van der Waals surface area contributed by atoms with Crippen molar-refractivity contribution < 1.29 is 0 Å². The van der Waals surface area contributed by atoms with Crippen molar-refractivity contribution in [2.75, 3.05) is 0 Å². The molecule has 0 aliphatic carbocycles. The Kier molecular flexibility index (Phi) is 3.09. The Bertz CT molecular complexity index is 688. The highest BCUT2D eigenvalue weighted by molar-refractivity contribution is 7.13. The summed E-state index contributed by atoms with van der Waals surface area (Å²) in [6.07, 6.45) is 5.39. The number of benzene rings is 1. The predicted octanol–water partition coefficient (Wildman–Crippen LogP) is 3.68. The van der Waals surface area contributed by atoms with E-state index < -0.39 is 0 Å². The molecule has 19 heavy (non-hydrogen) atoms. The number of nitrogens with zero attached hydrogens (tertiary/aromatic N) is 3. The number of hydrogen-bond acceptors (Lipinski definition) is 4. The summed E-state index contributed by atoms with van der Waals surface area (Å²) >= 11 is 1.60. The third kappa shape index (κ3) is 2.39. The summed E-state index contributed by atoms with van der Waals surface area (Å²) in [6, 6.07) is 7.38. The molecule has 3 nitrogen and oxygen atoms in total. The minimum absolute atomic E-state index is 0.857. The fourth-order valence-corrected chi connectivity index (χ4v) is 2.52. The monoisotopic (exact) mass is 266 g/mol. The molecule has 1 aromatic carbocycles. The van der Waals surface area contributed by atoms with E-state index in [4.69, 9.17) is 0 Å². The Morgan fingerprint density at radius 1 is 1.11 bits per heavy atom. The normalized spacial score (nSPS) is 10.6. The van der Waals surface area contributed by atoms with Gasteiger partial charge in [0.1, 0.15) is 5.01 Å². The minimum Gasteiger partial charge on any atom is -0.258 e. The van der Waals surface area contributed by atoms with Gasteiger partial charge in [-0.2, -0.15) is 0 Å². The summed E-state index contributed by atoms with van der Waals surface area (Å²) in [7, 11) is 0. The van der Waals surface area contributed by atoms with Crippen LogP contribution in [0, 0.1) is 19.9 Å². The molecule has 0 saturated heterocycles. The van der Waals surface area contributed by atoms with E-state index in [0.717, 1.165) is 33.1 Å². The SMILES string of the molecule is Cc1c[c]c(-c2nccs2)c(-c2cnc(C)cn2)c1. The lowest BCUT2D eigenvalue weighted by Crippen LogP contribution is -1.92. The van der Waals surface area contributed by atoms with Crippen LogP contribution in [-0.2, 0) is 0 Å². The van der Waals surface area contributed by atoms with Crippen LogP contribution in [0.2, 0.25) is 0 Å². The number of aryl methyl sites for hydroxylation is 2. The van der Waals surface area contributed by atoms with Crippen molar-refractivity contribution >= 4 is 11.3 Å². The Morgan fingerprint density at radius 3 is 2.68 bits per heavy atom. The first-order chi connectivity index (χ1) is 9.24. The van der Waals surface area contributed by atoms with Gasteiger partial charge in [-0.3, -0.25) is 9.97 Å². The van der Waals surface area contributed by atoms with Crippen molar-refractivity contribution in [3.8, 4) is 21.8 Å². The molecule has 0 aliphatic heterocycles. The highest BCUT2D eigenvalue weighted by Gasteiger charge is 2.11. The minimum atomic E-state index is 0.857. The van der Waals surface area contributed by atoms with Crippen LogP contribution in [0.5, 0.6) is 0 Å². The molecular weight excluding hydrogens is 254 g/mol. The van der Waals surface area contributed by atoms with Crippen LogP contribution in [0.25, 0.3) is 21.8 Å². The molecule has 0 unspecified atom stereocenters. The zero-order valence-electron chi connectivity index (χ0n) is 10.7. The van der Waals surface area contributed by atoms with E-state index >= 15 is 0 Å². The van der Waals surface area contributed by atoms with Gasteiger partial charge in [-0.05, 0) is 31.5 Å². The van der Waals surface area contributed by atoms with Crippen molar-refractivity contribution in [2.45, 2.75) is 13.8 Å². The van der Waals surface area contributed by atoms with Crippen LogP contribution >= 0.6 is 11.3 Å². The summed E-state index contributed by atoms with van der Waals surface area (Å²) in [6.45, 7) is 3.98. The van der Waals surface area contributed by atoms with E-state index in [1.54, 1.807) is 29.9 Å². The van der Waals surface area contributed by atoms with Crippen LogP contribution in [0.15, 0.2) is 36.1 Å². The molecule has 0 fully saturated rings. The van der Waals surface area contributed by atoms with Gasteiger partial charge in [-0.25, -0.2) is 4.98 Å². The van der Waals surface area contributed by atoms with Crippen LogP contribution in [0.3, 0.4) is 0 Å². The second-order valence-corrected chi connectivity index (χ2v) is 5.24. The lowest BCUT2D eigenvalue weighted by atomic mass is 10.0. The Labute approximate surface area is 116 Å². The molecule has 2 heterocycles. The van der Waals surface area contributed by atoms with Crippen LogP contribution in [0.4, 0.5) is 0 Å². The molecule has 0 bridgehead atoms. The van der Waals surface area contributed by atoms with Crippen molar-refractivity contribution in [2.24, 2.45) is 0 Å². The Morgan fingerprint density at radius 2 is 2.00 bits per heavy atom. The largest absolute Gasteiger partial charge is 0.258 e. The fourth-order valence-electron chi connectivity index (χ4n) is 1.86. The molecule has 0 amide bonds. The summed E-state index contributed by atoms with van der Waals surface area (Å²) < 4.78 is 0. The van der Waals surface area contributed by atoms with Crippen molar-refractivity contribution in [1.29, 1.82) is 0 Å². The van der Waals surface area contributed by atoms with Crippen LogP contribution < -0.4 is 0 Å². The number of rotatable bonds is 2. The summed E-state index contributed by atoms with van der Waals surface area (Å²) in [5.41, 5.74) is 4.94. The first-order valence-corrected chi connectivity index (χ1v) is 6.83. The standard InChI is InChI=1S/C15H12N3S/c1-10-3-4-12(15-16-5-6-19-15)13(7-10)14-9-17-11(2)8-18-14/h3,5-9H,1-2H3. The summed E-state index contributed by atoms with van der Waals surface area (Å²) in [5.74, 6) is 0. The average Bonchev–Trinajstić information content (AvgIpc) is 2.93. The zero-order chi connectivity index (χ0) is 13.2. The lowest BCUT2D eigenvalue weighted by Gasteiger charge is -2.07. The highest BCUT2D eigenvalue weighted by atomic mass is 32.1. The highest BCUT2D eigenvalue weighted by Crippen LogP contribution is 2.32. The molecular formula is C15H12N3S. The maximum absolute atomic E-state index is 4.45. The summed E-state index contributed by atoms with van der Waals surface area (Å²) in [4.78, 5) is 13.1. The molecule has 0 N–H and O–H groups in total. The molecule has 0 aliphatic rings. The van der Waals surface area contributed by atoms with Crippen molar-refractivity contribution in [3.63, 3.8) is 0 Å². The predicted molar refractivity (Wildman–Crippen MR) is 76.9 cm³/mol. The Balaban J connectivity index is 2.19. The van der Waals surface area contributed by atoms with Gasteiger partial charge in [0.15, 0.2) is 0 Å². The summed E-state index contributed by atoms with van der Waals surface area (Å²) in [5, 5.41) is 2.92. The van der Waals surface area contributed by atoms with Crippen molar-refractivity contribution in [3.05, 3.63) is 53.4 Å². The maximum Gasteiger partial charge on any atom is 0.124 e. The van der Waals surface area contributed by atoms with Gasteiger partial charge in [0.05, 0.1) is 17.6 Å². The molecule has 0 spiro atoms. The van der Waals surface area contributed by atoms with Gasteiger partial charge in [-0.1, -0.05) is 6.07 Å². The van der Waals surface area contributed by atoms with E-state index in [1.807, 2.05) is 25.3 Å². The number of thiazole rings is 1. The van der Waals surface area contributed by atoms with E-state index in [-0.39, 0.29) is 0 Å². The molecule has 2 aromatic heterocycles. The molecule has 0 atom stereocenters. The first kappa shape index (κ1) is 12.0. The topological polar surface area (TPSA) is 38.7 Å². The first-order valence-electron chi connectivity index (χ1n) is 5.95. The third-order valence-corrected chi connectivity index (χ3v) is 3.58. The second-order valence-electron chi connectivity index (χ2n) is 4.35. The second kappa shape index (κ2) is 4.90. The average molecular weight is 266 g/mol. The molecule has 93 valence electrons. The number of aromatic nitrogens is 3. The van der Waals surface area contributed by atoms with Crippen LogP contribution in [-0.4, -0.2) is 15.0 Å². The van der Waals surface area contributed by atoms with E-state index in [2.05, 4.69) is 27.1 Å². The molecule has 3 rings (SSSR count). The van der Waals surface area contributed by atoms with Gasteiger partial charge in [-0.15, -0.1) is 11.3 Å². The molecule has 0 saturated carbocycles. The van der Waals surface area contributed by atoms with Crippen molar-refractivity contribution in [1.82, 2.24) is 15.0 Å². The maximum atomic E-state index is 4.45.